The Bertz CT molecular complexity index is 513. The average molecular weight is 280 g/mol. The van der Waals surface area contributed by atoms with Crippen molar-refractivity contribution in [2.75, 3.05) is 11.4 Å². The Morgan fingerprint density at radius 1 is 1.47 bits per heavy atom. The molecule has 0 aromatic heterocycles. The minimum Gasteiger partial charge on any atom is -0.310 e. The first kappa shape index (κ1) is 14.1. The first-order valence-corrected chi connectivity index (χ1v) is 7.02. The molecule has 19 heavy (non-hydrogen) atoms. The summed E-state index contributed by atoms with van der Waals surface area (Å²) in [6, 6.07) is 5.61. The summed E-state index contributed by atoms with van der Waals surface area (Å²) in [5.41, 5.74) is 1.77. The van der Waals surface area contributed by atoms with Crippen LogP contribution in [0.15, 0.2) is 18.2 Å². The number of rotatable bonds is 3. The Morgan fingerprint density at radius 2 is 2.21 bits per heavy atom. The van der Waals surface area contributed by atoms with Gasteiger partial charge >= 0.3 is 0 Å². The van der Waals surface area contributed by atoms with Crippen molar-refractivity contribution in [2.45, 2.75) is 33.1 Å². The highest BCUT2D eigenvalue weighted by Crippen LogP contribution is 2.31. The van der Waals surface area contributed by atoms with Crippen LogP contribution < -0.4 is 4.90 Å². The van der Waals surface area contributed by atoms with Crippen LogP contribution >= 0.6 is 11.6 Å². The van der Waals surface area contributed by atoms with E-state index < -0.39 is 5.92 Å². The summed E-state index contributed by atoms with van der Waals surface area (Å²) in [6.07, 6.45) is 1.91. The highest BCUT2D eigenvalue weighted by atomic mass is 35.5. The molecule has 3 nitrogen and oxygen atoms in total. The van der Waals surface area contributed by atoms with Crippen LogP contribution in [0, 0.1) is 12.8 Å². The second-order valence-electron chi connectivity index (χ2n) is 4.96. The number of aryl methyl sites for hydroxylation is 1. The Morgan fingerprint density at radius 3 is 2.89 bits per heavy atom. The van der Waals surface area contributed by atoms with Gasteiger partial charge in [0.15, 0.2) is 0 Å². The fourth-order valence-electron chi connectivity index (χ4n) is 2.49. The van der Waals surface area contributed by atoms with Crippen molar-refractivity contribution in [1.29, 1.82) is 0 Å². The van der Waals surface area contributed by atoms with Crippen LogP contribution in [0.1, 0.15) is 31.7 Å². The lowest BCUT2D eigenvalue weighted by molar-refractivity contribution is -0.133. The number of amides is 1. The number of hydrogen-bond donors (Lipinski definition) is 0. The standard InChI is InChI=1S/C15H18ClNO2/c1-3-14(18)11-5-4-8-17(15(11)19)13-9-10(2)6-7-12(13)16/h6-7,9,11H,3-5,8H2,1-2H3/t11-/m1/s1. The van der Waals surface area contributed by atoms with Gasteiger partial charge in [0.05, 0.1) is 16.6 Å². The van der Waals surface area contributed by atoms with E-state index >= 15 is 0 Å². The number of carbonyl (C=O) groups excluding carboxylic acids is 2. The van der Waals surface area contributed by atoms with Crippen LogP contribution in [-0.4, -0.2) is 18.2 Å². The molecule has 4 heteroatoms. The third-order valence-corrected chi connectivity index (χ3v) is 3.89. The number of benzene rings is 1. The molecule has 1 fully saturated rings. The SMILES string of the molecule is CCC(=O)[C@H]1CCCN(c2cc(C)ccc2Cl)C1=O. The van der Waals surface area contributed by atoms with E-state index in [1.54, 1.807) is 17.9 Å². The van der Waals surface area contributed by atoms with Gasteiger partial charge in [-0.25, -0.2) is 0 Å². The molecule has 0 bridgehead atoms. The van der Waals surface area contributed by atoms with Crippen molar-refractivity contribution in [3.8, 4) is 0 Å². The monoisotopic (exact) mass is 279 g/mol. The van der Waals surface area contributed by atoms with Gasteiger partial charge in [-0.05, 0) is 37.5 Å². The minimum atomic E-state index is -0.490. The molecule has 0 spiro atoms. The maximum Gasteiger partial charge on any atom is 0.237 e. The molecule has 102 valence electrons. The number of halogens is 1. The van der Waals surface area contributed by atoms with E-state index in [4.69, 9.17) is 11.6 Å². The van der Waals surface area contributed by atoms with Gasteiger partial charge in [0, 0.05) is 13.0 Å². The Labute approximate surface area is 118 Å². The molecule has 0 radical (unpaired) electrons. The largest absolute Gasteiger partial charge is 0.310 e. The average Bonchev–Trinajstić information content (AvgIpc) is 2.41. The Balaban J connectivity index is 2.31. The normalized spacial score (nSPS) is 19.6. The number of carbonyl (C=O) groups is 2. The van der Waals surface area contributed by atoms with Crippen molar-refractivity contribution in [3.63, 3.8) is 0 Å². The molecular formula is C15H18ClNO2. The van der Waals surface area contributed by atoms with Crippen molar-refractivity contribution >= 4 is 29.0 Å². The molecule has 1 saturated heterocycles. The molecule has 1 amide bonds. The third kappa shape index (κ3) is 2.81. The van der Waals surface area contributed by atoms with Crippen LogP contribution in [0.3, 0.4) is 0 Å². The predicted octanol–water partition coefficient (Wildman–Crippen LogP) is 3.37. The van der Waals surface area contributed by atoms with E-state index in [0.717, 1.165) is 17.7 Å². The molecule has 0 aliphatic carbocycles. The molecule has 0 N–H and O–H groups in total. The molecule has 0 saturated carbocycles. The molecule has 1 aromatic rings. The lowest BCUT2D eigenvalue weighted by Crippen LogP contribution is -2.44. The van der Waals surface area contributed by atoms with Crippen molar-refractivity contribution in [1.82, 2.24) is 0 Å². The van der Waals surface area contributed by atoms with Gasteiger partial charge in [0.25, 0.3) is 0 Å². The first-order chi connectivity index (χ1) is 9.04. The van der Waals surface area contributed by atoms with E-state index in [1.807, 2.05) is 19.1 Å². The third-order valence-electron chi connectivity index (χ3n) is 3.57. The molecule has 1 aromatic carbocycles. The van der Waals surface area contributed by atoms with Crippen LogP contribution in [0.25, 0.3) is 0 Å². The zero-order valence-electron chi connectivity index (χ0n) is 11.3. The van der Waals surface area contributed by atoms with Gasteiger partial charge in [0.2, 0.25) is 5.91 Å². The quantitative estimate of drug-likeness (QED) is 0.796. The molecule has 2 rings (SSSR count). The first-order valence-electron chi connectivity index (χ1n) is 6.64. The summed E-state index contributed by atoms with van der Waals surface area (Å²) in [6.45, 7) is 4.40. The zero-order valence-corrected chi connectivity index (χ0v) is 12.0. The topological polar surface area (TPSA) is 37.4 Å². The summed E-state index contributed by atoms with van der Waals surface area (Å²) in [7, 11) is 0. The van der Waals surface area contributed by atoms with Crippen LogP contribution in [0.4, 0.5) is 5.69 Å². The Hall–Kier alpha value is -1.35. The van der Waals surface area contributed by atoms with E-state index in [-0.39, 0.29) is 11.7 Å². The van der Waals surface area contributed by atoms with E-state index in [1.165, 1.54) is 0 Å². The number of anilines is 1. The minimum absolute atomic E-state index is 0.0264. The zero-order chi connectivity index (χ0) is 14.0. The molecule has 1 aliphatic rings. The number of nitrogens with zero attached hydrogens (tertiary/aromatic N) is 1. The molecule has 1 atom stereocenters. The van der Waals surface area contributed by atoms with Gasteiger partial charge in [0.1, 0.15) is 5.78 Å². The summed E-state index contributed by atoms with van der Waals surface area (Å²) < 4.78 is 0. The van der Waals surface area contributed by atoms with Gasteiger partial charge in [-0.2, -0.15) is 0 Å². The van der Waals surface area contributed by atoms with Crippen molar-refractivity contribution in [2.24, 2.45) is 5.92 Å². The summed E-state index contributed by atoms with van der Waals surface area (Å²) in [5, 5.41) is 0.559. The number of piperidine rings is 1. The highest BCUT2D eigenvalue weighted by molar-refractivity contribution is 6.34. The van der Waals surface area contributed by atoms with Gasteiger partial charge in [-0.3, -0.25) is 9.59 Å². The van der Waals surface area contributed by atoms with Gasteiger partial charge in [-0.15, -0.1) is 0 Å². The lowest BCUT2D eigenvalue weighted by atomic mass is 9.91. The van der Waals surface area contributed by atoms with E-state index in [0.29, 0.717) is 24.4 Å². The second-order valence-corrected chi connectivity index (χ2v) is 5.37. The van der Waals surface area contributed by atoms with Crippen molar-refractivity contribution < 1.29 is 9.59 Å². The fraction of sp³-hybridized carbons (Fsp3) is 0.467. The van der Waals surface area contributed by atoms with E-state index in [2.05, 4.69) is 0 Å². The fourth-order valence-corrected chi connectivity index (χ4v) is 2.71. The van der Waals surface area contributed by atoms with Gasteiger partial charge in [-0.1, -0.05) is 24.6 Å². The predicted molar refractivity (Wildman–Crippen MR) is 76.6 cm³/mol. The second kappa shape index (κ2) is 5.74. The summed E-state index contributed by atoms with van der Waals surface area (Å²) in [5.74, 6) is -0.570. The molecule has 0 unspecified atom stereocenters. The van der Waals surface area contributed by atoms with Crippen molar-refractivity contribution in [3.05, 3.63) is 28.8 Å². The highest BCUT2D eigenvalue weighted by Gasteiger charge is 2.34. The number of hydrogen-bond acceptors (Lipinski definition) is 2. The molecule has 1 aliphatic heterocycles. The molecular weight excluding hydrogens is 262 g/mol. The summed E-state index contributed by atoms with van der Waals surface area (Å²) in [4.78, 5) is 25.9. The van der Waals surface area contributed by atoms with Gasteiger partial charge < -0.3 is 4.90 Å². The number of Topliss-reactive ketones (excluding diaryl/α,β-unsaturated/α-hetero) is 1. The van der Waals surface area contributed by atoms with E-state index in [9.17, 15) is 9.59 Å². The smallest absolute Gasteiger partial charge is 0.237 e. The number of ketones is 1. The summed E-state index contributed by atoms with van der Waals surface area (Å²) >= 11 is 6.18. The maximum absolute atomic E-state index is 12.4. The molecule has 1 heterocycles. The van der Waals surface area contributed by atoms with Crippen LogP contribution in [-0.2, 0) is 9.59 Å². The maximum atomic E-state index is 12.4. The van der Waals surface area contributed by atoms with Crippen LogP contribution in [0.2, 0.25) is 5.02 Å². The Kier molecular flexibility index (Phi) is 4.25. The lowest BCUT2D eigenvalue weighted by Gasteiger charge is -2.32. The van der Waals surface area contributed by atoms with Crippen LogP contribution in [0.5, 0.6) is 0 Å².